The summed E-state index contributed by atoms with van der Waals surface area (Å²) < 4.78 is 5.36. The Morgan fingerprint density at radius 1 is 1.15 bits per heavy atom. The molecule has 1 N–H and O–H groups in total. The van der Waals surface area contributed by atoms with Gasteiger partial charge in [0.15, 0.2) is 5.13 Å². The molecule has 1 aromatic carbocycles. The summed E-state index contributed by atoms with van der Waals surface area (Å²) in [5.74, 6) is 0.825. The van der Waals surface area contributed by atoms with E-state index in [2.05, 4.69) is 15.3 Å². The Bertz CT molecular complexity index is 697. The average molecular weight is 283 g/mol. The Hall–Kier alpha value is -2.40. The zero-order chi connectivity index (χ0) is 13.8. The third-order valence-corrected chi connectivity index (χ3v) is 3.56. The first-order valence-corrected chi connectivity index (χ1v) is 7.01. The predicted octanol–water partition coefficient (Wildman–Crippen LogP) is 3.96. The van der Waals surface area contributed by atoms with E-state index < -0.39 is 0 Å². The molecule has 0 radical (unpaired) electrons. The molecule has 0 fully saturated rings. The van der Waals surface area contributed by atoms with Crippen LogP contribution < -0.4 is 10.1 Å². The highest BCUT2D eigenvalue weighted by Crippen LogP contribution is 2.32. The molecule has 3 aromatic rings. The average Bonchev–Trinajstić information content (AvgIpc) is 2.96. The third-order valence-electron chi connectivity index (χ3n) is 2.80. The zero-order valence-electron chi connectivity index (χ0n) is 10.9. The second-order valence-electron chi connectivity index (χ2n) is 4.10. The van der Waals surface area contributed by atoms with E-state index in [1.807, 2.05) is 41.8 Å². The van der Waals surface area contributed by atoms with E-state index in [0.29, 0.717) is 0 Å². The first-order valence-electron chi connectivity index (χ1n) is 6.13. The predicted molar refractivity (Wildman–Crippen MR) is 81.6 cm³/mol. The molecule has 2 aromatic heterocycles. The monoisotopic (exact) mass is 283 g/mol. The first-order chi connectivity index (χ1) is 9.86. The fraction of sp³-hybridized carbons (Fsp3) is 0.0667. The van der Waals surface area contributed by atoms with E-state index in [0.717, 1.165) is 27.8 Å². The van der Waals surface area contributed by atoms with Crippen LogP contribution in [0.3, 0.4) is 0 Å². The molecule has 5 heteroatoms. The molecule has 2 heterocycles. The zero-order valence-corrected chi connectivity index (χ0v) is 11.7. The summed E-state index contributed by atoms with van der Waals surface area (Å²) in [6, 6.07) is 11.7. The number of nitrogens with one attached hydrogen (secondary N) is 1. The molecule has 0 unspecified atom stereocenters. The van der Waals surface area contributed by atoms with E-state index in [4.69, 9.17) is 4.74 Å². The molecule has 0 saturated carbocycles. The number of methoxy groups -OCH3 is 1. The number of benzene rings is 1. The van der Waals surface area contributed by atoms with Crippen molar-refractivity contribution in [3.8, 4) is 17.0 Å². The fourth-order valence-electron chi connectivity index (χ4n) is 1.87. The maximum Gasteiger partial charge on any atom is 0.187 e. The van der Waals surface area contributed by atoms with Crippen molar-refractivity contribution in [3.63, 3.8) is 0 Å². The molecule has 0 aliphatic carbocycles. The van der Waals surface area contributed by atoms with Gasteiger partial charge in [-0.3, -0.25) is 4.98 Å². The lowest BCUT2D eigenvalue weighted by atomic mass is 10.1. The Morgan fingerprint density at radius 3 is 2.85 bits per heavy atom. The quantitative estimate of drug-likeness (QED) is 0.787. The van der Waals surface area contributed by atoms with Gasteiger partial charge in [-0.25, -0.2) is 4.98 Å². The van der Waals surface area contributed by atoms with E-state index in [1.54, 1.807) is 30.8 Å². The summed E-state index contributed by atoms with van der Waals surface area (Å²) in [5.41, 5.74) is 2.82. The number of pyridine rings is 1. The number of nitrogens with zero attached hydrogens (tertiary/aromatic N) is 2. The van der Waals surface area contributed by atoms with Gasteiger partial charge >= 0.3 is 0 Å². The van der Waals surface area contributed by atoms with Gasteiger partial charge in [0, 0.05) is 17.1 Å². The minimum Gasteiger partial charge on any atom is -0.496 e. The standard InChI is InChI=1S/C15H13N3OS/c1-19-14-7-3-2-6-12(14)13-10-20-15(18-13)17-11-5-4-8-16-9-11/h2-10H,1H3,(H,17,18). The Labute approximate surface area is 121 Å². The third kappa shape index (κ3) is 2.62. The summed E-state index contributed by atoms with van der Waals surface area (Å²) in [6.45, 7) is 0. The van der Waals surface area contributed by atoms with Gasteiger partial charge in [-0.1, -0.05) is 12.1 Å². The van der Waals surface area contributed by atoms with Crippen LogP contribution in [0, 0.1) is 0 Å². The molecular weight excluding hydrogens is 270 g/mol. The minimum absolute atomic E-state index is 0.825. The minimum atomic E-state index is 0.825. The number of ether oxygens (including phenoxy) is 1. The lowest BCUT2D eigenvalue weighted by Gasteiger charge is -2.05. The molecule has 0 amide bonds. The highest BCUT2D eigenvalue weighted by atomic mass is 32.1. The molecule has 20 heavy (non-hydrogen) atoms. The molecule has 0 saturated heterocycles. The topological polar surface area (TPSA) is 47.0 Å². The molecule has 0 atom stereocenters. The fourth-order valence-corrected chi connectivity index (χ4v) is 2.60. The number of hydrogen-bond acceptors (Lipinski definition) is 5. The molecule has 3 rings (SSSR count). The van der Waals surface area contributed by atoms with Crippen molar-refractivity contribution in [2.24, 2.45) is 0 Å². The molecule has 0 spiro atoms. The Kier molecular flexibility index (Phi) is 3.60. The van der Waals surface area contributed by atoms with Crippen molar-refractivity contribution in [1.29, 1.82) is 0 Å². The van der Waals surface area contributed by atoms with Crippen molar-refractivity contribution < 1.29 is 4.74 Å². The van der Waals surface area contributed by atoms with E-state index in [1.165, 1.54) is 0 Å². The van der Waals surface area contributed by atoms with Gasteiger partial charge in [-0.05, 0) is 24.3 Å². The number of thiazole rings is 1. The van der Waals surface area contributed by atoms with Gasteiger partial charge < -0.3 is 10.1 Å². The number of aromatic nitrogens is 2. The highest BCUT2D eigenvalue weighted by molar-refractivity contribution is 7.14. The molecule has 4 nitrogen and oxygen atoms in total. The number of rotatable bonds is 4. The summed E-state index contributed by atoms with van der Waals surface area (Å²) in [6.07, 6.45) is 3.51. The van der Waals surface area contributed by atoms with Crippen LogP contribution in [0.4, 0.5) is 10.8 Å². The van der Waals surface area contributed by atoms with Crippen LogP contribution in [0.15, 0.2) is 54.2 Å². The van der Waals surface area contributed by atoms with Crippen LogP contribution in [-0.2, 0) is 0 Å². The molecule has 0 bridgehead atoms. The van der Waals surface area contributed by atoms with Crippen LogP contribution in [-0.4, -0.2) is 17.1 Å². The largest absolute Gasteiger partial charge is 0.496 e. The second-order valence-corrected chi connectivity index (χ2v) is 4.96. The van der Waals surface area contributed by atoms with Gasteiger partial charge in [0.2, 0.25) is 0 Å². The van der Waals surface area contributed by atoms with Crippen LogP contribution >= 0.6 is 11.3 Å². The summed E-state index contributed by atoms with van der Waals surface area (Å²) in [5, 5.41) is 6.08. The second kappa shape index (κ2) is 5.71. The SMILES string of the molecule is COc1ccccc1-c1csc(Nc2cccnc2)n1. The summed E-state index contributed by atoms with van der Waals surface area (Å²) in [4.78, 5) is 8.65. The number of para-hydroxylation sites is 1. The van der Waals surface area contributed by atoms with Crippen molar-refractivity contribution in [1.82, 2.24) is 9.97 Å². The maximum absolute atomic E-state index is 5.36. The van der Waals surface area contributed by atoms with Crippen molar-refractivity contribution >= 4 is 22.2 Å². The lowest BCUT2D eigenvalue weighted by Crippen LogP contribution is -1.91. The highest BCUT2D eigenvalue weighted by Gasteiger charge is 2.09. The molecular formula is C15H13N3OS. The van der Waals surface area contributed by atoms with Crippen LogP contribution in [0.2, 0.25) is 0 Å². The van der Waals surface area contributed by atoms with Crippen LogP contribution in [0.25, 0.3) is 11.3 Å². The van der Waals surface area contributed by atoms with Crippen molar-refractivity contribution in [3.05, 3.63) is 54.2 Å². The molecule has 0 aliphatic rings. The smallest absolute Gasteiger partial charge is 0.187 e. The van der Waals surface area contributed by atoms with Gasteiger partial charge in [-0.15, -0.1) is 11.3 Å². The van der Waals surface area contributed by atoms with Gasteiger partial charge in [-0.2, -0.15) is 0 Å². The van der Waals surface area contributed by atoms with Gasteiger partial charge in [0.25, 0.3) is 0 Å². The summed E-state index contributed by atoms with van der Waals surface area (Å²) >= 11 is 1.55. The number of anilines is 2. The Balaban J connectivity index is 1.87. The van der Waals surface area contributed by atoms with Gasteiger partial charge in [0.1, 0.15) is 5.75 Å². The van der Waals surface area contributed by atoms with Crippen molar-refractivity contribution in [2.75, 3.05) is 12.4 Å². The number of hydrogen-bond donors (Lipinski definition) is 1. The molecule has 100 valence electrons. The lowest BCUT2D eigenvalue weighted by molar-refractivity contribution is 0.416. The Morgan fingerprint density at radius 2 is 2.05 bits per heavy atom. The van der Waals surface area contributed by atoms with E-state index in [-0.39, 0.29) is 0 Å². The summed E-state index contributed by atoms with van der Waals surface area (Å²) in [7, 11) is 1.67. The normalized spacial score (nSPS) is 10.2. The van der Waals surface area contributed by atoms with Crippen LogP contribution in [0.5, 0.6) is 5.75 Å². The first kappa shape index (κ1) is 12.6. The van der Waals surface area contributed by atoms with Gasteiger partial charge in [0.05, 0.1) is 24.7 Å². The van der Waals surface area contributed by atoms with Crippen molar-refractivity contribution in [2.45, 2.75) is 0 Å². The van der Waals surface area contributed by atoms with Crippen LogP contribution in [0.1, 0.15) is 0 Å². The maximum atomic E-state index is 5.36. The van der Waals surface area contributed by atoms with E-state index in [9.17, 15) is 0 Å². The van der Waals surface area contributed by atoms with E-state index >= 15 is 0 Å². The molecule has 0 aliphatic heterocycles.